The summed E-state index contributed by atoms with van der Waals surface area (Å²) in [7, 11) is 1.58. The molecule has 0 spiro atoms. The average molecular weight is 224 g/mol. The maximum atomic E-state index is 11.3. The van der Waals surface area contributed by atoms with Crippen molar-refractivity contribution in [3.05, 3.63) is 18.3 Å². The van der Waals surface area contributed by atoms with Gasteiger partial charge in [0.2, 0.25) is 5.91 Å². The number of ether oxygens (including phenoxy) is 1. The maximum absolute atomic E-state index is 11.3. The maximum Gasteiger partial charge on any atom is 0.239 e. The molecule has 1 aromatic heterocycles. The molecule has 0 saturated heterocycles. The van der Waals surface area contributed by atoms with Gasteiger partial charge in [0.1, 0.15) is 5.82 Å². The zero-order chi connectivity index (χ0) is 11.8. The van der Waals surface area contributed by atoms with Crippen LogP contribution in [0.2, 0.25) is 0 Å². The molecule has 0 aliphatic rings. The first-order valence-corrected chi connectivity index (χ1v) is 4.94. The molecular formula is C10H16N4O2. The third-order valence-corrected chi connectivity index (χ3v) is 1.91. The van der Waals surface area contributed by atoms with Crippen LogP contribution in [0.3, 0.4) is 0 Å². The van der Waals surface area contributed by atoms with Gasteiger partial charge in [-0.15, -0.1) is 0 Å². The first-order chi connectivity index (χ1) is 7.74. The van der Waals surface area contributed by atoms with Gasteiger partial charge in [0.15, 0.2) is 0 Å². The normalized spacial score (nSPS) is 9.81. The van der Waals surface area contributed by atoms with Gasteiger partial charge in [-0.1, -0.05) is 0 Å². The summed E-state index contributed by atoms with van der Waals surface area (Å²) in [6, 6.07) is 3.52. The Balaban J connectivity index is 2.29. The molecule has 0 saturated carbocycles. The van der Waals surface area contributed by atoms with Gasteiger partial charge < -0.3 is 21.1 Å². The predicted octanol–water partition coefficient (Wildman–Crippen LogP) is -0.162. The molecule has 6 heteroatoms. The molecule has 88 valence electrons. The highest BCUT2D eigenvalue weighted by molar-refractivity contribution is 5.81. The van der Waals surface area contributed by atoms with Crippen molar-refractivity contribution < 1.29 is 9.53 Å². The summed E-state index contributed by atoms with van der Waals surface area (Å²) >= 11 is 0. The molecule has 1 rings (SSSR count). The molecule has 6 nitrogen and oxygen atoms in total. The number of carbonyl (C=O) groups excluding carboxylic acids is 1. The predicted molar refractivity (Wildman–Crippen MR) is 62.0 cm³/mol. The topological polar surface area (TPSA) is 89.3 Å². The fourth-order valence-corrected chi connectivity index (χ4v) is 1.10. The molecule has 4 N–H and O–H groups in total. The van der Waals surface area contributed by atoms with Crippen molar-refractivity contribution >= 4 is 17.4 Å². The monoisotopic (exact) mass is 224 g/mol. The van der Waals surface area contributed by atoms with Gasteiger partial charge in [0, 0.05) is 19.9 Å². The number of nitrogens with two attached hydrogens (primary N) is 1. The lowest BCUT2D eigenvalue weighted by Crippen LogP contribution is -2.32. The van der Waals surface area contributed by atoms with E-state index in [4.69, 9.17) is 10.5 Å². The molecule has 0 bridgehead atoms. The van der Waals surface area contributed by atoms with E-state index in [1.807, 2.05) is 0 Å². The lowest BCUT2D eigenvalue weighted by Gasteiger charge is -2.08. The Labute approximate surface area is 94.2 Å². The molecule has 1 amide bonds. The van der Waals surface area contributed by atoms with E-state index >= 15 is 0 Å². The quantitative estimate of drug-likeness (QED) is 0.584. The highest BCUT2D eigenvalue weighted by Gasteiger charge is 2.02. The molecule has 0 aliphatic carbocycles. The van der Waals surface area contributed by atoms with E-state index in [1.54, 1.807) is 25.4 Å². The first kappa shape index (κ1) is 12.3. The second-order valence-electron chi connectivity index (χ2n) is 3.13. The van der Waals surface area contributed by atoms with Crippen LogP contribution in [-0.2, 0) is 9.53 Å². The van der Waals surface area contributed by atoms with Gasteiger partial charge in [0.05, 0.1) is 18.8 Å². The summed E-state index contributed by atoms with van der Waals surface area (Å²) in [5.74, 6) is 0.271. The Morgan fingerprint density at radius 1 is 1.62 bits per heavy atom. The van der Waals surface area contributed by atoms with Gasteiger partial charge in [0.25, 0.3) is 0 Å². The number of hydrogen-bond acceptors (Lipinski definition) is 5. The lowest BCUT2D eigenvalue weighted by atomic mass is 10.4. The van der Waals surface area contributed by atoms with Crippen LogP contribution in [0.15, 0.2) is 18.3 Å². The Kier molecular flexibility index (Phi) is 5.07. The van der Waals surface area contributed by atoms with Crippen molar-refractivity contribution in [2.24, 2.45) is 0 Å². The molecule has 1 aromatic rings. The summed E-state index contributed by atoms with van der Waals surface area (Å²) in [4.78, 5) is 15.2. The molecule has 0 aromatic carbocycles. The van der Waals surface area contributed by atoms with E-state index in [0.717, 1.165) is 0 Å². The van der Waals surface area contributed by atoms with Crippen LogP contribution in [0, 0.1) is 0 Å². The number of nitrogens with zero attached hydrogens (tertiary/aromatic N) is 1. The van der Waals surface area contributed by atoms with E-state index in [9.17, 15) is 4.79 Å². The third kappa shape index (κ3) is 4.14. The van der Waals surface area contributed by atoms with Crippen molar-refractivity contribution in [1.82, 2.24) is 10.3 Å². The van der Waals surface area contributed by atoms with Crippen molar-refractivity contribution in [1.29, 1.82) is 0 Å². The number of nitrogen functional groups attached to an aromatic ring is 1. The van der Waals surface area contributed by atoms with E-state index < -0.39 is 0 Å². The number of carbonyl (C=O) groups is 1. The zero-order valence-electron chi connectivity index (χ0n) is 9.19. The largest absolute Gasteiger partial charge is 0.383 e. The molecule has 0 aliphatic heterocycles. The highest BCUT2D eigenvalue weighted by Crippen LogP contribution is 2.12. The zero-order valence-corrected chi connectivity index (χ0v) is 9.19. The Morgan fingerprint density at radius 2 is 2.44 bits per heavy atom. The Hall–Kier alpha value is -1.82. The van der Waals surface area contributed by atoms with Crippen LogP contribution >= 0.6 is 0 Å². The van der Waals surface area contributed by atoms with Crippen molar-refractivity contribution in [2.45, 2.75) is 0 Å². The van der Waals surface area contributed by atoms with Crippen LogP contribution < -0.4 is 16.4 Å². The highest BCUT2D eigenvalue weighted by atomic mass is 16.5. The van der Waals surface area contributed by atoms with Gasteiger partial charge in [-0.25, -0.2) is 4.98 Å². The second kappa shape index (κ2) is 6.62. The summed E-state index contributed by atoms with van der Waals surface area (Å²) in [5, 5.41) is 5.58. The summed E-state index contributed by atoms with van der Waals surface area (Å²) in [6.45, 7) is 1.17. The van der Waals surface area contributed by atoms with Crippen LogP contribution in [0.25, 0.3) is 0 Å². The number of anilines is 2. The SMILES string of the molecule is COCCNC(=O)CNc1cccnc1N. The average Bonchev–Trinajstić information content (AvgIpc) is 2.28. The molecule has 1 heterocycles. The summed E-state index contributed by atoms with van der Waals surface area (Å²) in [5.41, 5.74) is 6.26. The smallest absolute Gasteiger partial charge is 0.239 e. The minimum Gasteiger partial charge on any atom is -0.383 e. The molecule has 0 unspecified atom stereocenters. The van der Waals surface area contributed by atoms with Crippen molar-refractivity contribution in [2.75, 3.05) is 37.9 Å². The number of hydrogen-bond donors (Lipinski definition) is 3. The summed E-state index contributed by atoms with van der Waals surface area (Å²) in [6.07, 6.45) is 1.60. The molecule has 0 fully saturated rings. The van der Waals surface area contributed by atoms with Crippen LogP contribution in [0.5, 0.6) is 0 Å². The molecule has 16 heavy (non-hydrogen) atoms. The minimum absolute atomic E-state index is 0.111. The Bertz CT molecular complexity index is 343. The summed E-state index contributed by atoms with van der Waals surface area (Å²) < 4.78 is 4.81. The number of aromatic nitrogens is 1. The van der Waals surface area contributed by atoms with E-state index in [0.29, 0.717) is 24.7 Å². The fraction of sp³-hybridized carbons (Fsp3) is 0.400. The number of pyridine rings is 1. The van der Waals surface area contributed by atoms with Gasteiger partial charge >= 0.3 is 0 Å². The Morgan fingerprint density at radius 3 is 3.12 bits per heavy atom. The molecule has 0 atom stereocenters. The van der Waals surface area contributed by atoms with Crippen molar-refractivity contribution in [3.8, 4) is 0 Å². The van der Waals surface area contributed by atoms with Crippen LogP contribution in [0.1, 0.15) is 0 Å². The van der Waals surface area contributed by atoms with Crippen LogP contribution in [0.4, 0.5) is 11.5 Å². The second-order valence-corrected chi connectivity index (χ2v) is 3.13. The molecule has 0 radical (unpaired) electrons. The van der Waals surface area contributed by atoms with Gasteiger partial charge in [-0.2, -0.15) is 0 Å². The number of methoxy groups -OCH3 is 1. The van der Waals surface area contributed by atoms with Gasteiger partial charge in [-0.05, 0) is 12.1 Å². The van der Waals surface area contributed by atoms with E-state index in [-0.39, 0.29) is 12.5 Å². The minimum atomic E-state index is -0.111. The third-order valence-electron chi connectivity index (χ3n) is 1.91. The number of rotatable bonds is 6. The van der Waals surface area contributed by atoms with Gasteiger partial charge in [-0.3, -0.25) is 4.79 Å². The first-order valence-electron chi connectivity index (χ1n) is 4.94. The van der Waals surface area contributed by atoms with Crippen molar-refractivity contribution in [3.63, 3.8) is 0 Å². The molecular weight excluding hydrogens is 208 g/mol. The van der Waals surface area contributed by atoms with Crippen LogP contribution in [-0.4, -0.2) is 37.7 Å². The number of nitrogens with one attached hydrogen (secondary N) is 2. The van der Waals surface area contributed by atoms with E-state index in [2.05, 4.69) is 15.6 Å². The lowest BCUT2D eigenvalue weighted by molar-refractivity contribution is -0.119. The standard InChI is InChI=1S/C10H16N4O2/c1-16-6-5-12-9(15)7-14-8-3-2-4-13-10(8)11/h2-4,14H,5-7H2,1H3,(H2,11,13)(H,12,15). The fourth-order valence-electron chi connectivity index (χ4n) is 1.10. The number of amides is 1. The van der Waals surface area contributed by atoms with E-state index in [1.165, 1.54) is 0 Å².